The van der Waals surface area contributed by atoms with E-state index in [4.69, 9.17) is 4.74 Å². The van der Waals surface area contributed by atoms with Crippen molar-refractivity contribution in [2.75, 3.05) is 0 Å². The molecule has 1 aliphatic heterocycles. The zero-order valence-corrected chi connectivity index (χ0v) is 11.7. The molecule has 1 heterocycles. The second-order valence-corrected chi connectivity index (χ2v) is 7.29. The second kappa shape index (κ2) is 4.61. The lowest BCUT2D eigenvalue weighted by Gasteiger charge is -2.25. The largest absolute Gasteiger partial charge is 0.372 e. The highest BCUT2D eigenvalue weighted by atomic mass is 79.9. The van der Waals surface area contributed by atoms with Crippen molar-refractivity contribution < 1.29 is 4.74 Å². The van der Waals surface area contributed by atoms with Gasteiger partial charge in [-0.1, -0.05) is 35.2 Å². The average molecular weight is 287 g/mol. The molecule has 0 bridgehead atoms. The van der Waals surface area contributed by atoms with E-state index in [1.807, 2.05) is 0 Å². The maximum absolute atomic E-state index is 6.40. The van der Waals surface area contributed by atoms with Crippen LogP contribution in [0.5, 0.6) is 0 Å². The van der Waals surface area contributed by atoms with E-state index in [-0.39, 0.29) is 0 Å². The molecule has 2 heteroatoms. The minimum atomic E-state index is 0.338. The first-order valence-electron chi connectivity index (χ1n) is 7.09. The summed E-state index contributed by atoms with van der Waals surface area (Å²) < 4.78 is 6.40. The molecular weight excluding hydrogens is 264 g/mol. The van der Waals surface area contributed by atoms with Crippen LogP contribution in [0.4, 0.5) is 0 Å². The van der Waals surface area contributed by atoms with Crippen molar-refractivity contribution in [3.63, 3.8) is 0 Å². The van der Waals surface area contributed by atoms with Crippen LogP contribution in [-0.2, 0) is 4.74 Å². The molecule has 0 aromatic heterocycles. The van der Waals surface area contributed by atoms with Gasteiger partial charge in [0.25, 0.3) is 0 Å². The Balaban J connectivity index is 1.53. The van der Waals surface area contributed by atoms with Crippen molar-refractivity contribution in [1.29, 1.82) is 0 Å². The molecule has 0 amide bonds. The van der Waals surface area contributed by atoms with Crippen LogP contribution in [0.25, 0.3) is 0 Å². The first-order chi connectivity index (χ1) is 7.77. The number of alkyl halides is 1. The number of ether oxygens (including phenoxy) is 1. The monoisotopic (exact) mass is 286 g/mol. The lowest BCUT2D eigenvalue weighted by atomic mass is 9.95. The van der Waals surface area contributed by atoms with Crippen molar-refractivity contribution in [2.45, 2.75) is 80.7 Å². The van der Waals surface area contributed by atoms with Crippen molar-refractivity contribution >= 4 is 15.9 Å². The SMILES string of the molecule is BrC1CCCC1CC1CCC2(CCCC2)O1. The Labute approximate surface area is 107 Å². The first kappa shape index (κ1) is 11.5. The Morgan fingerprint density at radius 2 is 1.81 bits per heavy atom. The molecule has 3 rings (SSSR count). The molecule has 2 saturated carbocycles. The van der Waals surface area contributed by atoms with Gasteiger partial charge in [-0.05, 0) is 50.9 Å². The number of hydrogen-bond acceptors (Lipinski definition) is 1. The minimum Gasteiger partial charge on any atom is -0.372 e. The lowest BCUT2D eigenvalue weighted by Crippen LogP contribution is -2.26. The molecule has 1 spiro atoms. The van der Waals surface area contributed by atoms with Crippen molar-refractivity contribution in [2.24, 2.45) is 5.92 Å². The Kier molecular flexibility index (Phi) is 3.32. The van der Waals surface area contributed by atoms with Gasteiger partial charge in [-0.2, -0.15) is 0 Å². The molecule has 0 N–H and O–H groups in total. The zero-order chi connectivity index (χ0) is 11.0. The van der Waals surface area contributed by atoms with Gasteiger partial charge in [0.05, 0.1) is 11.7 Å². The third-order valence-electron chi connectivity index (χ3n) is 4.99. The number of rotatable bonds is 2. The van der Waals surface area contributed by atoms with Gasteiger partial charge >= 0.3 is 0 Å². The van der Waals surface area contributed by atoms with Crippen molar-refractivity contribution in [3.8, 4) is 0 Å². The summed E-state index contributed by atoms with van der Waals surface area (Å²) in [7, 11) is 0. The van der Waals surface area contributed by atoms with Gasteiger partial charge < -0.3 is 4.74 Å². The summed E-state index contributed by atoms with van der Waals surface area (Å²) in [6.07, 6.45) is 14.3. The molecule has 3 fully saturated rings. The van der Waals surface area contributed by atoms with Gasteiger partial charge in [-0.15, -0.1) is 0 Å². The Hall–Kier alpha value is 0.440. The highest BCUT2D eigenvalue weighted by molar-refractivity contribution is 9.09. The number of halogens is 1. The van der Waals surface area contributed by atoms with Gasteiger partial charge in [0, 0.05) is 4.83 Å². The van der Waals surface area contributed by atoms with Crippen LogP contribution < -0.4 is 0 Å². The molecule has 1 nitrogen and oxygen atoms in total. The van der Waals surface area contributed by atoms with E-state index in [1.165, 1.54) is 64.2 Å². The van der Waals surface area contributed by atoms with E-state index < -0.39 is 0 Å². The smallest absolute Gasteiger partial charge is 0.0687 e. The molecular formula is C14H23BrO. The van der Waals surface area contributed by atoms with Crippen molar-refractivity contribution in [1.82, 2.24) is 0 Å². The van der Waals surface area contributed by atoms with E-state index in [9.17, 15) is 0 Å². The van der Waals surface area contributed by atoms with Crippen LogP contribution in [0.15, 0.2) is 0 Å². The second-order valence-electron chi connectivity index (χ2n) is 6.11. The highest BCUT2D eigenvalue weighted by Crippen LogP contribution is 2.46. The predicted molar refractivity (Wildman–Crippen MR) is 70.0 cm³/mol. The van der Waals surface area contributed by atoms with Crippen LogP contribution in [0.3, 0.4) is 0 Å². The fourth-order valence-corrected chi connectivity index (χ4v) is 4.85. The molecule has 3 aliphatic rings. The van der Waals surface area contributed by atoms with Crippen LogP contribution in [0.2, 0.25) is 0 Å². The normalized spacial score (nSPS) is 42.2. The standard InChI is InChI=1S/C14H23BrO/c15-13-5-3-4-11(13)10-12-6-9-14(16-12)7-1-2-8-14/h11-13H,1-10H2. The highest BCUT2D eigenvalue weighted by Gasteiger charge is 2.43. The fraction of sp³-hybridized carbons (Fsp3) is 1.00. The summed E-state index contributed by atoms with van der Waals surface area (Å²) in [6, 6.07) is 0. The minimum absolute atomic E-state index is 0.338. The molecule has 3 unspecified atom stereocenters. The Morgan fingerprint density at radius 1 is 1.00 bits per heavy atom. The third kappa shape index (κ3) is 2.20. The number of hydrogen-bond donors (Lipinski definition) is 0. The average Bonchev–Trinajstić information content (AvgIpc) is 2.96. The van der Waals surface area contributed by atoms with E-state index in [0.717, 1.165) is 10.7 Å². The molecule has 0 aromatic carbocycles. The van der Waals surface area contributed by atoms with E-state index in [1.54, 1.807) is 0 Å². The third-order valence-corrected chi connectivity index (χ3v) is 6.19. The molecule has 0 radical (unpaired) electrons. The quantitative estimate of drug-likeness (QED) is 0.683. The lowest BCUT2D eigenvalue weighted by molar-refractivity contribution is -0.0436. The van der Waals surface area contributed by atoms with E-state index >= 15 is 0 Å². The van der Waals surface area contributed by atoms with Crippen LogP contribution in [0.1, 0.15) is 64.2 Å². The molecule has 2 aliphatic carbocycles. The molecule has 16 heavy (non-hydrogen) atoms. The van der Waals surface area contributed by atoms with Gasteiger partial charge in [0.15, 0.2) is 0 Å². The van der Waals surface area contributed by atoms with Gasteiger partial charge in [-0.3, -0.25) is 0 Å². The van der Waals surface area contributed by atoms with Gasteiger partial charge in [0.2, 0.25) is 0 Å². The van der Waals surface area contributed by atoms with E-state index in [0.29, 0.717) is 11.7 Å². The summed E-state index contributed by atoms with van der Waals surface area (Å²) in [6.45, 7) is 0. The summed E-state index contributed by atoms with van der Waals surface area (Å²) >= 11 is 3.83. The molecule has 0 aromatic rings. The summed E-state index contributed by atoms with van der Waals surface area (Å²) in [5.74, 6) is 0.890. The molecule has 92 valence electrons. The Bertz CT molecular complexity index is 247. The summed E-state index contributed by atoms with van der Waals surface area (Å²) in [5, 5.41) is 0. The maximum atomic E-state index is 6.40. The zero-order valence-electron chi connectivity index (χ0n) is 10.1. The van der Waals surface area contributed by atoms with Crippen LogP contribution in [-0.4, -0.2) is 16.5 Å². The van der Waals surface area contributed by atoms with Gasteiger partial charge in [-0.25, -0.2) is 0 Å². The van der Waals surface area contributed by atoms with Crippen molar-refractivity contribution in [3.05, 3.63) is 0 Å². The van der Waals surface area contributed by atoms with Crippen LogP contribution >= 0.6 is 15.9 Å². The summed E-state index contributed by atoms with van der Waals surface area (Å²) in [5.41, 5.74) is 0.338. The van der Waals surface area contributed by atoms with Crippen LogP contribution in [0, 0.1) is 5.92 Å². The van der Waals surface area contributed by atoms with Gasteiger partial charge in [0.1, 0.15) is 0 Å². The summed E-state index contributed by atoms with van der Waals surface area (Å²) in [4.78, 5) is 0.774. The fourth-order valence-electron chi connectivity index (χ4n) is 4.04. The first-order valence-corrected chi connectivity index (χ1v) is 8.01. The molecule has 3 atom stereocenters. The Morgan fingerprint density at radius 3 is 2.50 bits per heavy atom. The molecule has 1 saturated heterocycles. The predicted octanol–water partition coefficient (Wildman–Crippen LogP) is 4.43. The maximum Gasteiger partial charge on any atom is 0.0687 e. The van der Waals surface area contributed by atoms with E-state index in [2.05, 4.69) is 15.9 Å². The topological polar surface area (TPSA) is 9.23 Å².